The second-order valence-corrected chi connectivity index (χ2v) is 7.11. The highest BCUT2D eigenvalue weighted by molar-refractivity contribution is 8.00. The van der Waals surface area contributed by atoms with Gasteiger partial charge in [-0.2, -0.15) is 0 Å². The van der Waals surface area contributed by atoms with Gasteiger partial charge in [-0.05, 0) is 31.2 Å². The molecule has 24 heavy (non-hydrogen) atoms. The van der Waals surface area contributed by atoms with Crippen molar-refractivity contribution in [3.63, 3.8) is 0 Å². The van der Waals surface area contributed by atoms with Crippen LogP contribution in [0.3, 0.4) is 0 Å². The number of hydrogen-bond acceptors (Lipinski definition) is 4. The van der Waals surface area contributed by atoms with Crippen molar-refractivity contribution in [2.24, 2.45) is 7.05 Å². The van der Waals surface area contributed by atoms with Gasteiger partial charge in [-0.25, -0.2) is 0 Å². The summed E-state index contributed by atoms with van der Waals surface area (Å²) in [6, 6.07) is 16.7. The minimum atomic E-state index is -0.242. The minimum Gasteiger partial charge on any atom is -0.305 e. The van der Waals surface area contributed by atoms with Crippen LogP contribution in [0, 0.1) is 0 Å². The van der Waals surface area contributed by atoms with Crippen LogP contribution in [-0.2, 0) is 7.05 Å². The number of Topliss-reactive ketones (excluding diaryl/α,β-unsaturated/α-hetero) is 1. The summed E-state index contributed by atoms with van der Waals surface area (Å²) in [5.41, 5.74) is 1.64. The molecule has 1 heterocycles. The first-order valence-corrected chi connectivity index (χ1v) is 8.73. The lowest BCUT2D eigenvalue weighted by Gasteiger charge is -2.10. The van der Waals surface area contributed by atoms with Crippen molar-refractivity contribution < 1.29 is 4.79 Å². The maximum absolute atomic E-state index is 12.5. The summed E-state index contributed by atoms with van der Waals surface area (Å²) in [5.74, 6) is 0.824. The van der Waals surface area contributed by atoms with Crippen molar-refractivity contribution in [1.29, 1.82) is 0 Å². The highest BCUT2D eigenvalue weighted by atomic mass is 35.5. The molecule has 0 saturated heterocycles. The number of halogens is 1. The SMILES string of the molecule is CC(Sc1nnc(-c2ccc(Cl)cc2)n1C)C(=O)c1ccccc1. The van der Waals surface area contributed by atoms with Crippen molar-refractivity contribution in [3.8, 4) is 11.4 Å². The average Bonchev–Trinajstić information content (AvgIpc) is 2.96. The molecule has 0 aliphatic carbocycles. The Morgan fingerprint density at radius 3 is 2.42 bits per heavy atom. The predicted octanol–water partition coefficient (Wildman–Crippen LogP) is 4.50. The van der Waals surface area contributed by atoms with Crippen molar-refractivity contribution in [2.75, 3.05) is 0 Å². The molecule has 0 fully saturated rings. The molecule has 0 aliphatic heterocycles. The van der Waals surface area contributed by atoms with E-state index < -0.39 is 0 Å². The lowest BCUT2D eigenvalue weighted by molar-refractivity contribution is 0.0994. The zero-order valence-electron chi connectivity index (χ0n) is 13.3. The first-order chi connectivity index (χ1) is 11.6. The number of carbonyl (C=O) groups excluding carboxylic acids is 1. The van der Waals surface area contributed by atoms with Crippen molar-refractivity contribution in [3.05, 3.63) is 65.2 Å². The Labute approximate surface area is 149 Å². The van der Waals surface area contributed by atoms with E-state index in [0.29, 0.717) is 15.7 Å². The third kappa shape index (κ3) is 3.52. The van der Waals surface area contributed by atoms with Crippen LogP contribution in [0.4, 0.5) is 0 Å². The summed E-state index contributed by atoms with van der Waals surface area (Å²) in [6.45, 7) is 1.89. The number of nitrogens with zero attached hydrogens (tertiary/aromatic N) is 3. The molecule has 1 unspecified atom stereocenters. The van der Waals surface area contributed by atoms with E-state index >= 15 is 0 Å². The summed E-state index contributed by atoms with van der Waals surface area (Å²) < 4.78 is 1.89. The third-order valence-electron chi connectivity index (χ3n) is 3.65. The number of ketones is 1. The fourth-order valence-corrected chi connectivity index (χ4v) is 3.33. The van der Waals surface area contributed by atoms with Gasteiger partial charge in [0.1, 0.15) is 0 Å². The number of benzene rings is 2. The van der Waals surface area contributed by atoms with Crippen LogP contribution in [0.15, 0.2) is 59.8 Å². The number of rotatable bonds is 5. The third-order valence-corrected chi connectivity index (χ3v) is 5.03. The van der Waals surface area contributed by atoms with E-state index in [0.717, 1.165) is 11.4 Å². The van der Waals surface area contributed by atoms with Crippen LogP contribution < -0.4 is 0 Å². The van der Waals surface area contributed by atoms with Crippen LogP contribution in [0.25, 0.3) is 11.4 Å². The second-order valence-electron chi connectivity index (χ2n) is 5.36. The molecule has 0 saturated carbocycles. The maximum atomic E-state index is 12.5. The smallest absolute Gasteiger partial charge is 0.191 e. The largest absolute Gasteiger partial charge is 0.305 e. The predicted molar refractivity (Wildman–Crippen MR) is 97.5 cm³/mol. The van der Waals surface area contributed by atoms with Gasteiger partial charge in [0.15, 0.2) is 16.8 Å². The number of carbonyl (C=O) groups is 1. The van der Waals surface area contributed by atoms with Gasteiger partial charge in [0.05, 0.1) is 5.25 Å². The summed E-state index contributed by atoms with van der Waals surface area (Å²) in [6.07, 6.45) is 0. The molecular formula is C18H16ClN3OS. The summed E-state index contributed by atoms with van der Waals surface area (Å²) in [7, 11) is 1.89. The molecule has 3 rings (SSSR count). The number of thioether (sulfide) groups is 1. The van der Waals surface area contributed by atoms with E-state index in [4.69, 9.17) is 11.6 Å². The minimum absolute atomic E-state index is 0.0802. The Bertz CT molecular complexity index is 846. The zero-order chi connectivity index (χ0) is 17.1. The van der Waals surface area contributed by atoms with Gasteiger partial charge in [-0.3, -0.25) is 4.79 Å². The standard InChI is InChI=1S/C18H16ClN3OS/c1-12(16(23)13-6-4-3-5-7-13)24-18-21-20-17(22(18)2)14-8-10-15(19)11-9-14/h3-12H,1-2H3. The second kappa shape index (κ2) is 7.20. The number of aromatic nitrogens is 3. The Morgan fingerprint density at radius 2 is 1.75 bits per heavy atom. The first-order valence-electron chi connectivity index (χ1n) is 7.47. The molecule has 3 aromatic rings. The molecule has 0 N–H and O–H groups in total. The molecule has 2 aromatic carbocycles. The highest BCUT2D eigenvalue weighted by Crippen LogP contribution is 2.27. The Hall–Kier alpha value is -2.11. The summed E-state index contributed by atoms with van der Waals surface area (Å²) in [5, 5.41) is 9.60. The van der Waals surface area contributed by atoms with Crippen LogP contribution in [0.1, 0.15) is 17.3 Å². The fraction of sp³-hybridized carbons (Fsp3) is 0.167. The Kier molecular flexibility index (Phi) is 5.02. The van der Waals surface area contributed by atoms with E-state index in [2.05, 4.69) is 10.2 Å². The van der Waals surface area contributed by atoms with Gasteiger partial charge in [0.2, 0.25) is 0 Å². The van der Waals surface area contributed by atoms with E-state index in [1.54, 1.807) is 0 Å². The maximum Gasteiger partial charge on any atom is 0.191 e. The molecule has 0 spiro atoms. The zero-order valence-corrected chi connectivity index (χ0v) is 14.9. The summed E-state index contributed by atoms with van der Waals surface area (Å²) in [4.78, 5) is 12.5. The molecule has 1 aromatic heterocycles. The van der Waals surface area contributed by atoms with Gasteiger partial charge in [-0.15, -0.1) is 10.2 Å². The summed E-state index contributed by atoms with van der Waals surface area (Å²) >= 11 is 7.33. The lowest BCUT2D eigenvalue weighted by atomic mass is 10.1. The van der Waals surface area contributed by atoms with Crippen molar-refractivity contribution in [1.82, 2.24) is 14.8 Å². The Balaban J connectivity index is 1.79. The molecule has 4 nitrogen and oxygen atoms in total. The van der Waals surface area contributed by atoms with Crippen molar-refractivity contribution in [2.45, 2.75) is 17.3 Å². The molecule has 0 radical (unpaired) electrons. The van der Waals surface area contributed by atoms with E-state index in [1.165, 1.54) is 11.8 Å². The topological polar surface area (TPSA) is 47.8 Å². The lowest BCUT2D eigenvalue weighted by Crippen LogP contribution is -2.14. The Morgan fingerprint density at radius 1 is 1.08 bits per heavy atom. The molecule has 0 amide bonds. The molecule has 6 heteroatoms. The van der Waals surface area contributed by atoms with Crippen LogP contribution in [0.5, 0.6) is 0 Å². The van der Waals surface area contributed by atoms with E-state index in [-0.39, 0.29) is 11.0 Å². The van der Waals surface area contributed by atoms with Crippen LogP contribution >= 0.6 is 23.4 Å². The van der Waals surface area contributed by atoms with Crippen molar-refractivity contribution >= 4 is 29.1 Å². The normalized spacial score (nSPS) is 12.1. The van der Waals surface area contributed by atoms with Gasteiger partial charge in [-0.1, -0.05) is 53.7 Å². The van der Waals surface area contributed by atoms with Gasteiger partial charge in [0.25, 0.3) is 0 Å². The van der Waals surface area contributed by atoms with Crippen LogP contribution in [0.2, 0.25) is 5.02 Å². The van der Waals surface area contributed by atoms with Gasteiger partial charge < -0.3 is 4.57 Å². The monoisotopic (exact) mass is 357 g/mol. The van der Waals surface area contributed by atoms with E-state index in [1.807, 2.05) is 73.1 Å². The van der Waals surface area contributed by atoms with Gasteiger partial charge >= 0.3 is 0 Å². The molecule has 122 valence electrons. The number of hydrogen-bond donors (Lipinski definition) is 0. The molecular weight excluding hydrogens is 342 g/mol. The first kappa shape index (κ1) is 16.7. The fourth-order valence-electron chi connectivity index (χ4n) is 2.32. The quantitative estimate of drug-likeness (QED) is 0.498. The van der Waals surface area contributed by atoms with E-state index in [9.17, 15) is 4.79 Å². The van der Waals surface area contributed by atoms with Gasteiger partial charge in [0, 0.05) is 23.2 Å². The van der Waals surface area contributed by atoms with Crippen LogP contribution in [-0.4, -0.2) is 25.8 Å². The molecule has 0 aliphatic rings. The molecule has 0 bridgehead atoms. The highest BCUT2D eigenvalue weighted by Gasteiger charge is 2.20. The molecule has 1 atom stereocenters. The average molecular weight is 358 g/mol.